The molecule has 1 saturated heterocycles. The summed E-state index contributed by atoms with van der Waals surface area (Å²) in [6, 6.07) is 15.1. The van der Waals surface area contributed by atoms with Gasteiger partial charge in [-0.05, 0) is 60.5 Å². The van der Waals surface area contributed by atoms with Gasteiger partial charge in [-0.2, -0.15) is 8.42 Å². The van der Waals surface area contributed by atoms with Gasteiger partial charge < -0.3 is 14.4 Å². The number of fused-ring (bicyclic) bond motifs is 1. The van der Waals surface area contributed by atoms with E-state index in [1.807, 2.05) is 36.4 Å². The highest BCUT2D eigenvalue weighted by Gasteiger charge is 2.50. The summed E-state index contributed by atoms with van der Waals surface area (Å²) in [4.78, 5) is 6.89. The van der Waals surface area contributed by atoms with Crippen molar-refractivity contribution in [1.82, 2.24) is 10.2 Å². The van der Waals surface area contributed by atoms with Crippen LogP contribution in [-0.2, 0) is 15.7 Å². The van der Waals surface area contributed by atoms with Crippen molar-refractivity contribution in [3.8, 4) is 5.75 Å². The van der Waals surface area contributed by atoms with Gasteiger partial charge in [0, 0.05) is 17.6 Å². The third-order valence-electron chi connectivity index (χ3n) is 5.15. The number of benzene rings is 2. The Balaban J connectivity index is 1.80. The van der Waals surface area contributed by atoms with Crippen molar-refractivity contribution in [2.75, 3.05) is 18.8 Å². The van der Waals surface area contributed by atoms with Crippen LogP contribution in [0.4, 0.5) is 0 Å². The van der Waals surface area contributed by atoms with Crippen LogP contribution in [0, 0.1) is 0 Å². The maximum absolute atomic E-state index is 12.0. The second kappa shape index (κ2) is 8.28. The van der Waals surface area contributed by atoms with E-state index in [-0.39, 0.29) is 5.75 Å². The van der Waals surface area contributed by atoms with Crippen LogP contribution in [-0.4, -0.2) is 43.1 Å². The van der Waals surface area contributed by atoms with E-state index in [2.05, 4.69) is 26.1 Å². The molecule has 30 heavy (non-hydrogen) atoms. The summed E-state index contributed by atoms with van der Waals surface area (Å²) in [6.07, 6.45) is 1.45. The zero-order valence-corrected chi connectivity index (χ0v) is 19.7. The lowest BCUT2D eigenvalue weighted by molar-refractivity contribution is 0.484. The largest absolute Gasteiger partial charge is 0.382 e. The number of hydrogen-bond donors (Lipinski definition) is 1. The van der Waals surface area contributed by atoms with Crippen molar-refractivity contribution in [3.05, 3.63) is 64.1 Å². The van der Waals surface area contributed by atoms with Gasteiger partial charge in [-0.25, -0.2) is 0 Å². The third kappa shape index (κ3) is 3.86. The Labute approximate surface area is 190 Å². The fourth-order valence-electron chi connectivity index (χ4n) is 3.90. The zero-order chi connectivity index (χ0) is 21.4. The first-order chi connectivity index (χ1) is 14.4. The molecule has 0 saturated carbocycles. The van der Waals surface area contributed by atoms with Crippen molar-refractivity contribution in [2.24, 2.45) is 4.99 Å². The molecule has 0 radical (unpaired) electrons. The topological polar surface area (TPSA) is 71.0 Å². The summed E-state index contributed by atoms with van der Waals surface area (Å²) in [5, 5.41) is 4.14. The predicted octanol–water partition coefficient (Wildman–Crippen LogP) is 3.80. The molecule has 4 rings (SSSR count). The lowest BCUT2D eigenvalue weighted by Crippen LogP contribution is -2.46. The number of amidine groups is 1. The van der Waals surface area contributed by atoms with Gasteiger partial charge in [0.1, 0.15) is 17.1 Å². The summed E-state index contributed by atoms with van der Waals surface area (Å²) in [7, 11) is -3.59. The molecule has 6 nitrogen and oxygen atoms in total. The molecule has 0 bridgehead atoms. The summed E-state index contributed by atoms with van der Waals surface area (Å²) in [6.45, 7) is 3.36. The molecular formula is C21H22BrN3O3S2. The molecule has 2 aliphatic rings. The van der Waals surface area contributed by atoms with Crippen LogP contribution in [0.5, 0.6) is 5.75 Å². The fraction of sp³-hybridized carbons (Fsp3) is 0.333. The van der Waals surface area contributed by atoms with Gasteiger partial charge >= 0.3 is 10.1 Å². The average Bonchev–Trinajstić information content (AvgIpc) is 3.02. The van der Waals surface area contributed by atoms with E-state index in [0.717, 1.165) is 40.9 Å². The number of thiocarbonyl (C=S) groups is 1. The van der Waals surface area contributed by atoms with Gasteiger partial charge in [-0.15, -0.1) is 0 Å². The Hall–Kier alpha value is -1.97. The summed E-state index contributed by atoms with van der Waals surface area (Å²) in [5.41, 5.74) is 1.16. The Morgan fingerprint density at radius 2 is 2.00 bits per heavy atom. The molecule has 1 N–H and O–H groups in total. The Morgan fingerprint density at radius 1 is 1.23 bits per heavy atom. The van der Waals surface area contributed by atoms with Crippen LogP contribution in [0.1, 0.15) is 30.9 Å². The van der Waals surface area contributed by atoms with E-state index in [9.17, 15) is 8.42 Å². The number of nitrogens with zero attached hydrogens (tertiary/aromatic N) is 2. The van der Waals surface area contributed by atoms with Crippen LogP contribution in [0.2, 0.25) is 0 Å². The Morgan fingerprint density at radius 3 is 2.70 bits per heavy atom. The smallest absolute Gasteiger partial charge is 0.309 e. The minimum Gasteiger partial charge on any atom is -0.382 e. The summed E-state index contributed by atoms with van der Waals surface area (Å²) in [5.74, 6) is 1.14. The molecule has 0 spiro atoms. The van der Waals surface area contributed by atoms with Crippen LogP contribution in [0.15, 0.2) is 58.0 Å². The second-order valence-corrected chi connectivity index (χ2v) is 10.3. The molecule has 2 heterocycles. The molecule has 9 heteroatoms. The Bertz CT molecular complexity index is 1100. The van der Waals surface area contributed by atoms with E-state index in [1.54, 1.807) is 19.1 Å². The van der Waals surface area contributed by atoms with Gasteiger partial charge in [-0.1, -0.05) is 47.1 Å². The second-order valence-electron chi connectivity index (χ2n) is 7.27. The molecule has 158 valence electrons. The Kier molecular flexibility index (Phi) is 5.87. The molecule has 0 amide bonds. The molecule has 0 aliphatic carbocycles. The average molecular weight is 508 g/mol. The minimum atomic E-state index is -3.59. The molecule has 2 aromatic rings. The number of nitrogens with one attached hydrogen (secondary N) is 1. The normalized spacial score (nSPS) is 21.1. The lowest BCUT2D eigenvalue weighted by atomic mass is 9.82. The highest BCUT2D eigenvalue weighted by atomic mass is 79.9. The monoisotopic (exact) mass is 507 g/mol. The zero-order valence-electron chi connectivity index (χ0n) is 16.5. The van der Waals surface area contributed by atoms with Gasteiger partial charge in [0.25, 0.3) is 0 Å². The standard InChI is InChI=1S/C21H22BrN3O3S2/c1-2-13-30(26,27)28-18-9-7-15(8-10-18)21(16-5-3-6-17(22)14-16)19-23-11-4-12-25(19)20(29)24-21/h3,5-10,14H,2,4,11-13H2,1H3,(H,24,29). The van der Waals surface area contributed by atoms with Crippen molar-refractivity contribution in [2.45, 2.75) is 25.3 Å². The van der Waals surface area contributed by atoms with Crippen molar-refractivity contribution < 1.29 is 12.6 Å². The molecule has 2 aromatic carbocycles. The molecular weight excluding hydrogens is 486 g/mol. The molecule has 1 atom stereocenters. The maximum atomic E-state index is 12.0. The van der Waals surface area contributed by atoms with E-state index >= 15 is 0 Å². The number of halogens is 1. The number of aliphatic imine (C=N–C) groups is 1. The summed E-state index contributed by atoms with van der Waals surface area (Å²) >= 11 is 9.21. The first-order valence-corrected chi connectivity index (χ1v) is 12.6. The minimum absolute atomic E-state index is 0.0156. The van der Waals surface area contributed by atoms with E-state index in [1.165, 1.54) is 0 Å². The summed E-state index contributed by atoms with van der Waals surface area (Å²) < 4.78 is 30.2. The number of rotatable bonds is 6. The van der Waals surface area contributed by atoms with E-state index in [4.69, 9.17) is 21.4 Å². The van der Waals surface area contributed by atoms with Crippen LogP contribution in [0.3, 0.4) is 0 Å². The van der Waals surface area contributed by atoms with Gasteiger partial charge in [0.2, 0.25) is 0 Å². The molecule has 0 aromatic heterocycles. The van der Waals surface area contributed by atoms with Crippen LogP contribution >= 0.6 is 28.1 Å². The van der Waals surface area contributed by atoms with Crippen LogP contribution in [0.25, 0.3) is 0 Å². The van der Waals surface area contributed by atoms with Crippen molar-refractivity contribution in [1.29, 1.82) is 0 Å². The van der Waals surface area contributed by atoms with Gasteiger partial charge in [0.15, 0.2) is 5.11 Å². The molecule has 2 aliphatic heterocycles. The van der Waals surface area contributed by atoms with Gasteiger partial charge in [0.05, 0.1) is 5.75 Å². The quantitative estimate of drug-likeness (QED) is 0.473. The highest BCUT2D eigenvalue weighted by Crippen LogP contribution is 2.39. The van der Waals surface area contributed by atoms with Crippen molar-refractivity contribution >= 4 is 49.2 Å². The van der Waals surface area contributed by atoms with Crippen LogP contribution < -0.4 is 9.50 Å². The first-order valence-electron chi connectivity index (χ1n) is 9.79. The lowest BCUT2D eigenvalue weighted by Gasteiger charge is -2.33. The maximum Gasteiger partial charge on any atom is 0.309 e. The first kappa shape index (κ1) is 21.3. The highest BCUT2D eigenvalue weighted by molar-refractivity contribution is 9.10. The van der Waals surface area contributed by atoms with Gasteiger partial charge in [-0.3, -0.25) is 4.99 Å². The van der Waals surface area contributed by atoms with E-state index < -0.39 is 15.7 Å². The predicted molar refractivity (Wildman–Crippen MR) is 125 cm³/mol. The number of hydrogen-bond acceptors (Lipinski definition) is 5. The van der Waals surface area contributed by atoms with E-state index in [0.29, 0.717) is 17.3 Å². The third-order valence-corrected chi connectivity index (χ3v) is 7.32. The molecule has 1 unspecified atom stereocenters. The molecule has 1 fully saturated rings. The SMILES string of the molecule is CCCS(=O)(=O)Oc1ccc(C2(c3cccc(Br)c3)NC(=S)N3CCCN=C32)cc1. The fourth-order valence-corrected chi connectivity index (χ4v) is 5.62. The van der Waals surface area contributed by atoms with Crippen molar-refractivity contribution in [3.63, 3.8) is 0 Å².